The number of amides is 1. The van der Waals surface area contributed by atoms with E-state index in [1.807, 2.05) is 35.1 Å². The lowest BCUT2D eigenvalue weighted by molar-refractivity contribution is -0.137. The maximum atomic E-state index is 12.7. The van der Waals surface area contributed by atoms with E-state index in [0.29, 0.717) is 19.0 Å². The highest BCUT2D eigenvalue weighted by Gasteiger charge is 2.31. The van der Waals surface area contributed by atoms with Crippen LogP contribution in [0.25, 0.3) is 0 Å². The van der Waals surface area contributed by atoms with Crippen molar-refractivity contribution in [1.29, 1.82) is 0 Å². The van der Waals surface area contributed by atoms with Gasteiger partial charge in [-0.25, -0.2) is 13.1 Å². The smallest absolute Gasteiger partial charge is 0.355 e. The minimum Gasteiger partial charge on any atom is -0.355 e. The Bertz CT molecular complexity index is 888. The van der Waals surface area contributed by atoms with E-state index in [1.165, 1.54) is 0 Å². The van der Waals surface area contributed by atoms with Crippen LogP contribution in [0.5, 0.6) is 0 Å². The molecule has 28 heavy (non-hydrogen) atoms. The molecule has 2 rings (SSSR count). The summed E-state index contributed by atoms with van der Waals surface area (Å²) in [5.41, 5.74) is -1.07. The molecule has 1 amide bonds. The molecule has 0 aliphatic carbocycles. The van der Waals surface area contributed by atoms with Gasteiger partial charge in [-0.2, -0.15) is 13.2 Å². The monoisotopic (exact) mass is 432 g/mol. The van der Waals surface area contributed by atoms with Crippen molar-refractivity contribution in [2.75, 3.05) is 18.8 Å². The molecule has 2 N–H and O–H groups in total. The lowest BCUT2D eigenvalue weighted by atomic mass is 10.2. The zero-order valence-corrected chi connectivity index (χ0v) is 16.3. The van der Waals surface area contributed by atoms with Crippen LogP contribution in [0.4, 0.5) is 13.2 Å². The number of halogens is 3. The van der Waals surface area contributed by atoms with Crippen LogP contribution in [0.2, 0.25) is 0 Å². The van der Waals surface area contributed by atoms with Crippen LogP contribution < -0.4 is 10.0 Å². The largest absolute Gasteiger partial charge is 0.416 e. The number of sulfonamides is 1. The maximum absolute atomic E-state index is 12.7. The summed E-state index contributed by atoms with van der Waals surface area (Å²) in [6.45, 7) is -0.186. The van der Waals surface area contributed by atoms with Gasteiger partial charge in [0, 0.05) is 11.4 Å². The summed E-state index contributed by atoms with van der Waals surface area (Å²) < 4.78 is 64.3. The van der Waals surface area contributed by atoms with Crippen molar-refractivity contribution in [3.05, 3.63) is 60.2 Å². The molecule has 0 unspecified atom stereocenters. The number of carbonyl (C=O) groups is 1. The highest BCUT2D eigenvalue weighted by molar-refractivity contribution is 7.99. The van der Waals surface area contributed by atoms with Gasteiger partial charge >= 0.3 is 6.18 Å². The topological polar surface area (TPSA) is 75.3 Å². The van der Waals surface area contributed by atoms with E-state index in [1.54, 1.807) is 11.8 Å². The second-order valence-electron chi connectivity index (χ2n) is 5.72. The number of hydrogen-bond acceptors (Lipinski definition) is 4. The molecule has 0 aliphatic rings. The van der Waals surface area contributed by atoms with Crippen LogP contribution in [0.3, 0.4) is 0 Å². The van der Waals surface area contributed by atoms with Gasteiger partial charge in [-0.3, -0.25) is 4.79 Å². The molecule has 0 heterocycles. The zero-order chi connectivity index (χ0) is 20.6. The van der Waals surface area contributed by atoms with Crippen molar-refractivity contribution in [1.82, 2.24) is 10.0 Å². The SMILES string of the molecule is O=C(CNS(=O)(=O)c1cccc(C(F)(F)F)c1)NCCCSc1ccccc1. The zero-order valence-electron chi connectivity index (χ0n) is 14.7. The minimum atomic E-state index is -4.65. The van der Waals surface area contributed by atoms with Gasteiger partial charge in [0.2, 0.25) is 15.9 Å². The molecule has 0 saturated heterocycles. The third kappa shape index (κ3) is 7.17. The fourth-order valence-electron chi connectivity index (χ4n) is 2.15. The predicted octanol–water partition coefficient (Wildman–Crippen LogP) is 3.28. The maximum Gasteiger partial charge on any atom is 0.416 e. The van der Waals surface area contributed by atoms with Gasteiger partial charge in [-0.15, -0.1) is 11.8 Å². The Kier molecular flexibility index (Phi) is 7.90. The molecule has 0 radical (unpaired) electrons. The molecule has 0 bridgehead atoms. The average Bonchev–Trinajstić information content (AvgIpc) is 2.66. The second kappa shape index (κ2) is 9.94. The fraction of sp³-hybridized carbons (Fsp3) is 0.278. The standard InChI is InChI=1S/C18H19F3N2O3S2/c19-18(20,21)14-6-4-9-16(12-14)28(25,26)23-13-17(24)22-10-5-11-27-15-7-2-1-3-8-15/h1-4,6-9,12,23H,5,10-11,13H2,(H,22,24). The van der Waals surface area contributed by atoms with Crippen molar-refractivity contribution in [2.24, 2.45) is 0 Å². The number of nitrogens with one attached hydrogen (secondary N) is 2. The number of thioether (sulfide) groups is 1. The van der Waals surface area contributed by atoms with E-state index in [2.05, 4.69) is 5.32 Å². The van der Waals surface area contributed by atoms with Gasteiger partial charge < -0.3 is 5.32 Å². The average molecular weight is 432 g/mol. The summed E-state index contributed by atoms with van der Waals surface area (Å²) in [7, 11) is -4.22. The molecule has 10 heteroatoms. The highest BCUT2D eigenvalue weighted by atomic mass is 32.2. The van der Waals surface area contributed by atoms with Gasteiger partial charge in [0.15, 0.2) is 0 Å². The number of benzene rings is 2. The van der Waals surface area contributed by atoms with E-state index < -0.39 is 39.1 Å². The molecule has 0 fully saturated rings. The summed E-state index contributed by atoms with van der Waals surface area (Å²) in [5, 5.41) is 2.57. The number of hydrogen-bond donors (Lipinski definition) is 2. The van der Waals surface area contributed by atoms with Crippen LogP contribution in [0, 0.1) is 0 Å². The van der Waals surface area contributed by atoms with Gasteiger partial charge in [-0.05, 0) is 42.5 Å². The second-order valence-corrected chi connectivity index (χ2v) is 8.65. The van der Waals surface area contributed by atoms with Crippen LogP contribution >= 0.6 is 11.8 Å². The Balaban J connectivity index is 1.75. The fourth-order valence-corrected chi connectivity index (χ4v) is 4.05. The van der Waals surface area contributed by atoms with Crippen molar-refractivity contribution >= 4 is 27.7 Å². The molecule has 2 aromatic carbocycles. The first kappa shape index (κ1) is 22.3. The first-order valence-corrected chi connectivity index (χ1v) is 10.8. The summed E-state index contributed by atoms with van der Waals surface area (Å²) in [6.07, 6.45) is -3.97. The predicted molar refractivity (Wildman–Crippen MR) is 101 cm³/mol. The van der Waals surface area contributed by atoms with Crippen LogP contribution in [-0.4, -0.2) is 33.2 Å². The third-order valence-electron chi connectivity index (χ3n) is 3.55. The van der Waals surface area contributed by atoms with Crippen molar-refractivity contribution in [2.45, 2.75) is 22.4 Å². The molecule has 152 valence electrons. The number of carbonyl (C=O) groups excluding carboxylic acids is 1. The van der Waals surface area contributed by atoms with Crippen LogP contribution in [-0.2, 0) is 21.0 Å². The Morgan fingerprint density at radius 1 is 1.04 bits per heavy atom. The van der Waals surface area contributed by atoms with Crippen LogP contribution in [0.1, 0.15) is 12.0 Å². The quantitative estimate of drug-likeness (QED) is 0.471. The Morgan fingerprint density at radius 2 is 1.75 bits per heavy atom. The molecule has 2 aromatic rings. The molecule has 0 saturated carbocycles. The van der Waals surface area contributed by atoms with Gasteiger partial charge in [0.05, 0.1) is 17.0 Å². The van der Waals surface area contributed by atoms with Crippen LogP contribution in [0.15, 0.2) is 64.4 Å². The summed E-state index contributed by atoms with van der Waals surface area (Å²) >= 11 is 1.64. The third-order valence-corrected chi connectivity index (χ3v) is 6.05. The Labute approximate surface area is 165 Å². The molecule has 0 atom stereocenters. The molecule has 0 aliphatic heterocycles. The lowest BCUT2D eigenvalue weighted by Crippen LogP contribution is -2.37. The van der Waals surface area contributed by atoms with E-state index in [4.69, 9.17) is 0 Å². The molecular formula is C18H19F3N2O3S2. The Hall–Kier alpha value is -2.04. The molecule has 0 aromatic heterocycles. The number of alkyl halides is 3. The van der Waals surface area contributed by atoms with E-state index >= 15 is 0 Å². The van der Waals surface area contributed by atoms with Gasteiger partial charge in [0.1, 0.15) is 0 Å². The van der Waals surface area contributed by atoms with Gasteiger partial charge in [0.25, 0.3) is 0 Å². The van der Waals surface area contributed by atoms with E-state index in [-0.39, 0.29) is 0 Å². The number of rotatable bonds is 9. The van der Waals surface area contributed by atoms with Crippen molar-refractivity contribution in [3.8, 4) is 0 Å². The minimum absolute atomic E-state index is 0.365. The summed E-state index contributed by atoms with van der Waals surface area (Å²) in [6, 6.07) is 13.1. The Morgan fingerprint density at radius 3 is 2.43 bits per heavy atom. The highest BCUT2D eigenvalue weighted by Crippen LogP contribution is 2.30. The first-order chi connectivity index (χ1) is 13.2. The van der Waals surface area contributed by atoms with E-state index in [0.717, 1.165) is 28.8 Å². The molecule has 0 spiro atoms. The lowest BCUT2D eigenvalue weighted by Gasteiger charge is -2.10. The normalized spacial score (nSPS) is 12.0. The summed E-state index contributed by atoms with van der Waals surface area (Å²) in [4.78, 5) is 12.3. The van der Waals surface area contributed by atoms with Gasteiger partial charge in [-0.1, -0.05) is 24.3 Å². The first-order valence-electron chi connectivity index (χ1n) is 8.30. The molecule has 5 nitrogen and oxygen atoms in total. The van der Waals surface area contributed by atoms with Crippen molar-refractivity contribution in [3.63, 3.8) is 0 Å². The summed E-state index contributed by atoms with van der Waals surface area (Å²) in [5.74, 6) is 0.223. The van der Waals surface area contributed by atoms with Crippen molar-refractivity contribution < 1.29 is 26.4 Å². The molecular weight excluding hydrogens is 413 g/mol. The van der Waals surface area contributed by atoms with E-state index in [9.17, 15) is 26.4 Å².